The van der Waals surface area contributed by atoms with Crippen molar-refractivity contribution in [2.24, 2.45) is 0 Å². The Morgan fingerprint density at radius 1 is 0.966 bits per heavy atom. The molecule has 0 aliphatic carbocycles. The lowest BCUT2D eigenvalue weighted by atomic mass is 10.1. The van der Waals surface area contributed by atoms with Crippen LogP contribution in [-0.4, -0.2) is 28.3 Å². The van der Waals surface area contributed by atoms with E-state index in [1.807, 2.05) is 16.7 Å². The molecule has 2 heterocycles. The summed E-state index contributed by atoms with van der Waals surface area (Å²) in [5.41, 5.74) is 3.67. The fraction of sp³-hybridized carbons (Fsp3) is 0.0435. The minimum Gasteiger partial charge on any atom is -0.310 e. The van der Waals surface area contributed by atoms with Crippen molar-refractivity contribution in [2.45, 2.75) is 0 Å². The van der Waals surface area contributed by atoms with Gasteiger partial charge in [0.05, 0.1) is 40.5 Å². The Bertz CT molecular complexity index is 1410. The highest BCUT2D eigenvalue weighted by atomic mass is 16.2. The van der Waals surface area contributed by atoms with Gasteiger partial charge in [-0.15, -0.1) is 0 Å². The summed E-state index contributed by atoms with van der Waals surface area (Å²) in [6.45, 7) is 7.37. The lowest BCUT2D eigenvalue weighted by Gasteiger charge is -2.12. The van der Waals surface area contributed by atoms with E-state index >= 15 is 0 Å². The van der Waals surface area contributed by atoms with Crippen molar-refractivity contribution in [3.63, 3.8) is 0 Å². The molecular weight excluding hydrogens is 364 g/mol. The minimum atomic E-state index is -0.367. The molecule has 0 radical (unpaired) electrons. The number of rotatable bonds is 1. The van der Waals surface area contributed by atoms with Crippen molar-refractivity contribution in [1.82, 2.24) is 9.47 Å². The zero-order valence-corrected chi connectivity index (χ0v) is 15.3. The zero-order chi connectivity index (χ0) is 20.3. The van der Waals surface area contributed by atoms with Crippen LogP contribution in [0.3, 0.4) is 0 Å². The van der Waals surface area contributed by atoms with E-state index < -0.39 is 0 Å². The van der Waals surface area contributed by atoms with Crippen molar-refractivity contribution in [2.75, 3.05) is 7.05 Å². The smallest absolute Gasteiger partial charge is 0.263 e. The van der Waals surface area contributed by atoms with Crippen LogP contribution < -0.4 is 0 Å². The summed E-state index contributed by atoms with van der Waals surface area (Å²) < 4.78 is 1.86. The molecule has 29 heavy (non-hydrogen) atoms. The van der Waals surface area contributed by atoms with Gasteiger partial charge in [-0.1, -0.05) is 24.3 Å². The topological polar surface area (TPSA) is 70.5 Å². The summed E-state index contributed by atoms with van der Waals surface area (Å²) in [4.78, 5) is 29.9. The molecule has 0 saturated heterocycles. The minimum absolute atomic E-state index is 0.328. The number of nitriles is 1. The fourth-order valence-electron chi connectivity index (χ4n) is 3.98. The number of carbonyl (C=O) groups excluding carboxylic acids is 2. The number of benzene rings is 3. The molecule has 6 nitrogen and oxygen atoms in total. The zero-order valence-electron chi connectivity index (χ0n) is 15.3. The van der Waals surface area contributed by atoms with Gasteiger partial charge in [0.2, 0.25) is 0 Å². The van der Waals surface area contributed by atoms with Gasteiger partial charge >= 0.3 is 0 Å². The van der Waals surface area contributed by atoms with Gasteiger partial charge in [-0.25, -0.2) is 4.85 Å². The third-order valence-corrected chi connectivity index (χ3v) is 5.35. The molecule has 4 aromatic rings. The summed E-state index contributed by atoms with van der Waals surface area (Å²) in [5.74, 6) is -0.708. The Morgan fingerprint density at radius 3 is 2.41 bits per heavy atom. The number of imide groups is 1. The average molecular weight is 376 g/mol. The van der Waals surface area contributed by atoms with Crippen molar-refractivity contribution in [3.05, 3.63) is 82.7 Å². The van der Waals surface area contributed by atoms with E-state index in [1.54, 1.807) is 42.5 Å². The maximum absolute atomic E-state index is 12.8. The normalized spacial score (nSPS) is 13.0. The fourth-order valence-corrected chi connectivity index (χ4v) is 3.98. The first-order valence-electron chi connectivity index (χ1n) is 8.86. The third kappa shape index (κ3) is 2.14. The average Bonchev–Trinajstić information content (AvgIpc) is 3.19. The van der Waals surface area contributed by atoms with Gasteiger partial charge in [-0.3, -0.25) is 14.5 Å². The van der Waals surface area contributed by atoms with Crippen molar-refractivity contribution in [1.29, 1.82) is 5.26 Å². The molecule has 0 unspecified atom stereocenters. The van der Waals surface area contributed by atoms with E-state index in [9.17, 15) is 14.9 Å². The van der Waals surface area contributed by atoms with Crippen LogP contribution >= 0.6 is 0 Å². The summed E-state index contributed by atoms with van der Waals surface area (Å²) >= 11 is 0. The maximum atomic E-state index is 12.8. The standard InChI is InChI=1S/C23H12N4O2/c1-25-14-7-9-16-15-8-6-13(12-24)10-19(15)27(20(16)11-14)18-5-3-4-17-21(18)23(29)26(2)22(17)28/h3-11H,2H3. The number of aromatic nitrogens is 1. The molecule has 0 spiro atoms. The summed E-state index contributed by atoms with van der Waals surface area (Å²) in [7, 11) is 1.46. The Balaban J connectivity index is 1.98. The van der Waals surface area contributed by atoms with Crippen LogP contribution in [-0.2, 0) is 0 Å². The van der Waals surface area contributed by atoms with Crippen LogP contribution in [0.4, 0.5) is 5.69 Å². The largest absolute Gasteiger partial charge is 0.310 e. The van der Waals surface area contributed by atoms with E-state index in [-0.39, 0.29) is 11.8 Å². The number of amides is 2. The SMILES string of the molecule is [C-]#[N+]c1ccc2c3ccc(C#N)cc3n(-c3cccc4c3C(=O)N(C)C4=O)c2c1. The molecule has 0 bridgehead atoms. The van der Waals surface area contributed by atoms with Gasteiger partial charge in [-0.2, -0.15) is 5.26 Å². The monoisotopic (exact) mass is 376 g/mol. The van der Waals surface area contributed by atoms with E-state index in [0.29, 0.717) is 28.1 Å². The second-order valence-electron chi connectivity index (χ2n) is 6.86. The highest BCUT2D eigenvalue weighted by Gasteiger charge is 2.35. The summed E-state index contributed by atoms with van der Waals surface area (Å²) in [5, 5.41) is 11.2. The van der Waals surface area contributed by atoms with Gasteiger partial charge in [0, 0.05) is 23.3 Å². The van der Waals surface area contributed by atoms with Crippen LogP contribution in [0.2, 0.25) is 0 Å². The number of carbonyl (C=O) groups is 2. The third-order valence-electron chi connectivity index (χ3n) is 5.35. The molecular formula is C23H12N4O2. The van der Waals surface area contributed by atoms with Crippen LogP contribution in [0.15, 0.2) is 54.6 Å². The summed E-state index contributed by atoms with van der Waals surface area (Å²) in [6.07, 6.45) is 0. The molecule has 2 amide bonds. The number of hydrogen-bond acceptors (Lipinski definition) is 3. The Hall–Kier alpha value is -4.42. The Labute approximate surface area is 165 Å². The first-order chi connectivity index (χ1) is 14.0. The highest BCUT2D eigenvalue weighted by molar-refractivity contribution is 6.23. The van der Waals surface area contributed by atoms with E-state index in [0.717, 1.165) is 26.7 Å². The second-order valence-corrected chi connectivity index (χ2v) is 6.86. The predicted octanol–water partition coefficient (Wildman–Crippen LogP) is 4.43. The number of fused-ring (bicyclic) bond motifs is 4. The second kappa shape index (κ2) is 5.79. The maximum Gasteiger partial charge on any atom is 0.263 e. The lowest BCUT2D eigenvalue weighted by Crippen LogP contribution is -2.24. The quantitative estimate of drug-likeness (QED) is 0.364. The molecule has 0 N–H and O–H groups in total. The molecule has 136 valence electrons. The van der Waals surface area contributed by atoms with Crippen molar-refractivity contribution < 1.29 is 9.59 Å². The highest BCUT2D eigenvalue weighted by Crippen LogP contribution is 2.37. The summed E-state index contributed by atoms with van der Waals surface area (Å²) in [6, 6.07) is 18.1. The molecule has 1 aliphatic rings. The van der Waals surface area contributed by atoms with Gasteiger partial charge in [-0.05, 0) is 30.3 Å². The van der Waals surface area contributed by atoms with Gasteiger partial charge in [0.15, 0.2) is 5.69 Å². The molecule has 0 fully saturated rings. The molecule has 5 rings (SSSR count). The van der Waals surface area contributed by atoms with Crippen LogP contribution in [0.25, 0.3) is 32.3 Å². The first-order valence-corrected chi connectivity index (χ1v) is 8.86. The molecule has 1 aliphatic heterocycles. The molecule has 0 saturated carbocycles. The van der Waals surface area contributed by atoms with Crippen molar-refractivity contribution >= 4 is 39.3 Å². The number of hydrogen-bond donors (Lipinski definition) is 0. The van der Waals surface area contributed by atoms with E-state index in [4.69, 9.17) is 6.57 Å². The van der Waals surface area contributed by atoms with E-state index in [1.165, 1.54) is 7.05 Å². The molecule has 3 aromatic carbocycles. The Kier molecular flexibility index (Phi) is 3.34. The molecule has 1 aromatic heterocycles. The molecule has 0 atom stereocenters. The van der Waals surface area contributed by atoms with Crippen LogP contribution in [0.1, 0.15) is 26.3 Å². The Morgan fingerprint density at radius 2 is 1.69 bits per heavy atom. The van der Waals surface area contributed by atoms with Crippen LogP contribution in [0, 0.1) is 17.9 Å². The number of nitrogens with zero attached hydrogens (tertiary/aromatic N) is 4. The van der Waals surface area contributed by atoms with Crippen molar-refractivity contribution in [3.8, 4) is 11.8 Å². The first kappa shape index (κ1) is 16.7. The van der Waals surface area contributed by atoms with Crippen LogP contribution in [0.5, 0.6) is 0 Å². The molecule has 6 heteroatoms. The van der Waals surface area contributed by atoms with Gasteiger partial charge in [0.25, 0.3) is 11.8 Å². The lowest BCUT2D eigenvalue weighted by molar-refractivity contribution is 0.0693. The van der Waals surface area contributed by atoms with E-state index in [2.05, 4.69) is 10.9 Å². The van der Waals surface area contributed by atoms with Gasteiger partial charge in [0.1, 0.15) is 0 Å². The van der Waals surface area contributed by atoms with Gasteiger partial charge < -0.3 is 4.57 Å². The predicted molar refractivity (Wildman–Crippen MR) is 108 cm³/mol.